The molecule has 13 heavy (non-hydrogen) atoms. The number of benzene rings is 1. The van der Waals surface area contributed by atoms with E-state index >= 15 is 0 Å². The van der Waals surface area contributed by atoms with Gasteiger partial charge in [0.2, 0.25) is 0 Å². The van der Waals surface area contributed by atoms with Gasteiger partial charge in [-0.15, -0.1) is 23.2 Å². The molecule has 0 spiro atoms. The second kappa shape index (κ2) is 3.47. The summed E-state index contributed by atoms with van der Waals surface area (Å²) in [6.07, 6.45) is 1.77. The summed E-state index contributed by atoms with van der Waals surface area (Å²) >= 11 is 12.1. The lowest BCUT2D eigenvalue weighted by Crippen LogP contribution is -2.17. The van der Waals surface area contributed by atoms with Gasteiger partial charge in [0.15, 0.2) is 0 Å². The SMILES string of the molecule is Fc1ccc2c(c1)[C@@H](Cl)[C@H](Cl)CC2. The average Bonchev–Trinajstić information content (AvgIpc) is 2.12. The smallest absolute Gasteiger partial charge is 0.123 e. The first-order valence-electron chi connectivity index (χ1n) is 4.25. The van der Waals surface area contributed by atoms with Crippen LogP contribution in [0.3, 0.4) is 0 Å². The summed E-state index contributed by atoms with van der Waals surface area (Å²) in [6, 6.07) is 4.75. The Kier molecular flexibility index (Phi) is 2.48. The van der Waals surface area contributed by atoms with E-state index in [1.165, 1.54) is 12.1 Å². The molecule has 1 aromatic rings. The molecule has 1 aliphatic rings. The molecule has 0 unspecified atom stereocenters. The molecule has 0 fully saturated rings. The third-order valence-electron chi connectivity index (χ3n) is 2.41. The van der Waals surface area contributed by atoms with Crippen LogP contribution in [0.2, 0.25) is 0 Å². The van der Waals surface area contributed by atoms with Crippen molar-refractivity contribution in [2.24, 2.45) is 0 Å². The van der Waals surface area contributed by atoms with Crippen molar-refractivity contribution in [3.63, 3.8) is 0 Å². The van der Waals surface area contributed by atoms with Crippen LogP contribution in [-0.4, -0.2) is 5.38 Å². The van der Waals surface area contributed by atoms with Crippen LogP contribution in [0.1, 0.15) is 22.9 Å². The largest absolute Gasteiger partial charge is 0.207 e. The molecule has 3 heteroatoms. The van der Waals surface area contributed by atoms with Crippen molar-refractivity contribution < 1.29 is 4.39 Å². The molecule has 0 saturated heterocycles. The normalized spacial score (nSPS) is 27.0. The Morgan fingerprint density at radius 3 is 2.85 bits per heavy atom. The van der Waals surface area contributed by atoms with Crippen LogP contribution >= 0.6 is 23.2 Å². The highest BCUT2D eigenvalue weighted by atomic mass is 35.5. The fraction of sp³-hybridized carbons (Fsp3) is 0.400. The zero-order valence-electron chi connectivity index (χ0n) is 6.93. The molecule has 0 bridgehead atoms. The number of hydrogen-bond acceptors (Lipinski definition) is 0. The van der Waals surface area contributed by atoms with Gasteiger partial charge in [0, 0.05) is 0 Å². The van der Waals surface area contributed by atoms with E-state index in [2.05, 4.69) is 0 Å². The number of halogens is 3. The highest BCUT2D eigenvalue weighted by molar-refractivity contribution is 6.30. The van der Waals surface area contributed by atoms with Crippen molar-refractivity contribution in [1.29, 1.82) is 0 Å². The maximum atomic E-state index is 12.9. The van der Waals surface area contributed by atoms with Gasteiger partial charge in [-0.25, -0.2) is 4.39 Å². The summed E-state index contributed by atoms with van der Waals surface area (Å²) in [7, 11) is 0. The van der Waals surface area contributed by atoms with Crippen molar-refractivity contribution in [2.75, 3.05) is 0 Å². The van der Waals surface area contributed by atoms with Gasteiger partial charge in [-0.1, -0.05) is 6.07 Å². The minimum Gasteiger partial charge on any atom is -0.207 e. The molecule has 0 radical (unpaired) electrons. The molecular weight excluding hydrogens is 210 g/mol. The lowest BCUT2D eigenvalue weighted by molar-refractivity contribution is 0.612. The third kappa shape index (κ3) is 1.68. The molecule has 0 amide bonds. The van der Waals surface area contributed by atoms with Gasteiger partial charge in [-0.05, 0) is 36.1 Å². The van der Waals surface area contributed by atoms with Crippen molar-refractivity contribution >= 4 is 23.2 Å². The van der Waals surface area contributed by atoms with Crippen LogP contribution < -0.4 is 0 Å². The third-order valence-corrected chi connectivity index (χ3v) is 3.55. The Labute approximate surface area is 86.7 Å². The number of alkyl halides is 2. The maximum Gasteiger partial charge on any atom is 0.123 e. The molecule has 0 saturated carbocycles. The zero-order valence-corrected chi connectivity index (χ0v) is 8.45. The maximum absolute atomic E-state index is 12.9. The molecule has 0 aliphatic heterocycles. The molecule has 0 aromatic heterocycles. The lowest BCUT2D eigenvalue weighted by atomic mass is 9.91. The van der Waals surface area contributed by atoms with E-state index in [1.54, 1.807) is 6.07 Å². The number of fused-ring (bicyclic) bond motifs is 1. The quantitative estimate of drug-likeness (QED) is 0.584. The summed E-state index contributed by atoms with van der Waals surface area (Å²) in [5, 5.41) is -0.322. The topological polar surface area (TPSA) is 0 Å². The summed E-state index contributed by atoms with van der Waals surface area (Å²) in [6.45, 7) is 0. The molecular formula is C10H9Cl2F. The molecule has 2 atom stereocenters. The van der Waals surface area contributed by atoms with Gasteiger partial charge in [0.1, 0.15) is 5.82 Å². The standard InChI is InChI=1S/C10H9Cl2F/c11-9-4-2-6-1-3-7(13)5-8(6)10(9)12/h1,3,5,9-10H,2,4H2/t9-,10-/m1/s1. The van der Waals surface area contributed by atoms with Crippen molar-refractivity contribution in [1.82, 2.24) is 0 Å². The van der Waals surface area contributed by atoms with E-state index in [4.69, 9.17) is 23.2 Å². The van der Waals surface area contributed by atoms with Gasteiger partial charge < -0.3 is 0 Å². The zero-order chi connectivity index (χ0) is 9.42. The first kappa shape index (κ1) is 9.29. The number of hydrogen-bond donors (Lipinski definition) is 0. The van der Waals surface area contributed by atoms with Crippen molar-refractivity contribution in [2.45, 2.75) is 23.6 Å². The van der Waals surface area contributed by atoms with E-state index in [0.29, 0.717) is 0 Å². The molecule has 0 heterocycles. The second-order valence-corrected chi connectivity index (χ2v) is 4.33. The molecule has 0 nitrogen and oxygen atoms in total. The Balaban J connectivity index is 2.45. The van der Waals surface area contributed by atoms with Crippen LogP contribution in [0.5, 0.6) is 0 Å². The predicted molar refractivity (Wildman–Crippen MR) is 53.0 cm³/mol. The van der Waals surface area contributed by atoms with Crippen LogP contribution in [0, 0.1) is 5.82 Å². The second-order valence-electron chi connectivity index (χ2n) is 3.30. The monoisotopic (exact) mass is 218 g/mol. The first-order chi connectivity index (χ1) is 6.18. The van der Waals surface area contributed by atoms with Gasteiger partial charge in [-0.2, -0.15) is 0 Å². The molecule has 2 rings (SSSR count). The average molecular weight is 219 g/mol. The Bertz CT molecular complexity index is 325. The Morgan fingerprint density at radius 1 is 1.31 bits per heavy atom. The number of aryl methyl sites for hydroxylation is 1. The van der Waals surface area contributed by atoms with Gasteiger partial charge >= 0.3 is 0 Å². The first-order valence-corrected chi connectivity index (χ1v) is 5.12. The molecule has 0 N–H and O–H groups in total. The minimum atomic E-state index is -0.249. The lowest BCUT2D eigenvalue weighted by Gasteiger charge is -2.25. The fourth-order valence-corrected chi connectivity index (χ4v) is 2.26. The van der Waals surface area contributed by atoms with Gasteiger partial charge in [-0.3, -0.25) is 0 Å². The van der Waals surface area contributed by atoms with Crippen LogP contribution in [0.25, 0.3) is 0 Å². The Morgan fingerprint density at radius 2 is 2.08 bits per heavy atom. The van der Waals surface area contributed by atoms with E-state index < -0.39 is 0 Å². The van der Waals surface area contributed by atoms with Gasteiger partial charge in [0.25, 0.3) is 0 Å². The highest BCUT2D eigenvalue weighted by Crippen LogP contribution is 2.37. The van der Waals surface area contributed by atoms with Crippen molar-refractivity contribution in [3.05, 3.63) is 35.1 Å². The summed E-state index contributed by atoms with van der Waals surface area (Å²) in [5.74, 6) is -0.241. The van der Waals surface area contributed by atoms with E-state index in [-0.39, 0.29) is 16.6 Å². The molecule has 1 aromatic carbocycles. The van der Waals surface area contributed by atoms with E-state index in [0.717, 1.165) is 24.0 Å². The van der Waals surface area contributed by atoms with Crippen molar-refractivity contribution in [3.8, 4) is 0 Å². The summed E-state index contributed by atoms with van der Waals surface area (Å²) in [5.41, 5.74) is 1.98. The summed E-state index contributed by atoms with van der Waals surface area (Å²) < 4.78 is 12.9. The summed E-state index contributed by atoms with van der Waals surface area (Å²) in [4.78, 5) is 0. The fourth-order valence-electron chi connectivity index (χ4n) is 1.68. The van der Waals surface area contributed by atoms with Crippen LogP contribution in [0.4, 0.5) is 4.39 Å². The molecule has 70 valence electrons. The van der Waals surface area contributed by atoms with E-state index in [9.17, 15) is 4.39 Å². The number of rotatable bonds is 0. The molecule has 1 aliphatic carbocycles. The minimum absolute atomic E-state index is 0.0732. The van der Waals surface area contributed by atoms with Gasteiger partial charge in [0.05, 0.1) is 10.8 Å². The Hall–Kier alpha value is -0.270. The van der Waals surface area contributed by atoms with E-state index in [1.807, 2.05) is 0 Å². The van der Waals surface area contributed by atoms with Crippen LogP contribution in [-0.2, 0) is 6.42 Å². The highest BCUT2D eigenvalue weighted by Gasteiger charge is 2.26. The predicted octanol–water partition coefficient (Wildman–Crippen LogP) is 3.66. The van der Waals surface area contributed by atoms with Crippen LogP contribution in [0.15, 0.2) is 18.2 Å².